The average molecular weight is 440 g/mol. The Labute approximate surface area is 182 Å². The average Bonchev–Trinajstić information content (AvgIpc) is 2.80. The zero-order chi connectivity index (χ0) is 22.9. The number of ether oxygens (including phenoxy) is 5. The second-order valence-electron chi connectivity index (χ2n) is 7.30. The molecule has 174 valence electrons. The second kappa shape index (κ2) is 11.8. The van der Waals surface area contributed by atoms with Crippen LogP contribution in [-0.2, 0) is 24.8 Å². The zero-order valence-corrected chi connectivity index (χ0v) is 18.7. The van der Waals surface area contributed by atoms with E-state index in [1.165, 1.54) is 47.0 Å². The van der Waals surface area contributed by atoms with Gasteiger partial charge in [-0.05, 0) is 38.4 Å². The van der Waals surface area contributed by atoms with E-state index in [0.29, 0.717) is 18.7 Å². The van der Waals surface area contributed by atoms with E-state index in [2.05, 4.69) is 9.64 Å². The quantitative estimate of drug-likeness (QED) is 0.159. The molecule has 1 aromatic carbocycles. The molecule has 1 aromatic rings. The van der Waals surface area contributed by atoms with Crippen molar-refractivity contribution in [3.8, 4) is 11.5 Å². The van der Waals surface area contributed by atoms with Crippen molar-refractivity contribution in [2.45, 2.75) is 37.9 Å². The lowest BCUT2D eigenvalue weighted by molar-refractivity contribution is -0.389. The number of benzene rings is 1. The first-order valence-corrected chi connectivity index (χ1v) is 10.3. The monoisotopic (exact) mass is 440 g/mol. The maximum absolute atomic E-state index is 11.9. The predicted molar refractivity (Wildman–Crippen MR) is 112 cm³/mol. The van der Waals surface area contributed by atoms with Crippen molar-refractivity contribution in [1.82, 2.24) is 4.90 Å². The van der Waals surface area contributed by atoms with Crippen LogP contribution in [0.2, 0.25) is 0 Å². The number of hydrogen-bond donors (Lipinski definition) is 0. The molecule has 1 aliphatic rings. The van der Waals surface area contributed by atoms with Gasteiger partial charge in [-0.2, -0.15) is 0 Å². The minimum absolute atomic E-state index is 0.176. The summed E-state index contributed by atoms with van der Waals surface area (Å²) in [5, 5.41) is 11.9. The van der Waals surface area contributed by atoms with Gasteiger partial charge in [0.25, 0.3) is 5.69 Å². The summed E-state index contributed by atoms with van der Waals surface area (Å²) in [6.07, 6.45) is 3.88. The molecule has 1 aliphatic heterocycles. The Bertz CT molecular complexity index is 745. The lowest BCUT2D eigenvalue weighted by Crippen LogP contribution is -2.46. The number of nitro benzene ring substituents is 1. The number of carbonyl (C=O) groups excluding carboxylic acids is 1. The molecule has 0 N–H and O–H groups in total. The van der Waals surface area contributed by atoms with Crippen molar-refractivity contribution in [2.75, 3.05) is 54.7 Å². The van der Waals surface area contributed by atoms with Gasteiger partial charge in [-0.25, -0.2) is 0 Å². The third-order valence-electron chi connectivity index (χ3n) is 5.44. The van der Waals surface area contributed by atoms with Crippen molar-refractivity contribution in [1.29, 1.82) is 0 Å². The van der Waals surface area contributed by atoms with E-state index in [-0.39, 0.29) is 36.0 Å². The summed E-state index contributed by atoms with van der Waals surface area (Å²) in [5.41, 5.74) is 0.0660. The fourth-order valence-electron chi connectivity index (χ4n) is 3.71. The summed E-state index contributed by atoms with van der Waals surface area (Å²) in [6.45, 7) is 2.28. The highest BCUT2D eigenvalue weighted by atomic mass is 16.7. The Morgan fingerprint density at radius 2 is 1.77 bits per heavy atom. The van der Waals surface area contributed by atoms with Crippen molar-refractivity contribution in [2.24, 2.45) is 0 Å². The van der Waals surface area contributed by atoms with Crippen LogP contribution in [0.15, 0.2) is 12.1 Å². The van der Waals surface area contributed by atoms with E-state index in [9.17, 15) is 14.9 Å². The number of carbonyl (C=O) groups is 1. The largest absolute Gasteiger partial charge is 0.493 e. The third kappa shape index (κ3) is 6.28. The molecule has 10 nitrogen and oxygen atoms in total. The number of nitro groups is 1. The van der Waals surface area contributed by atoms with Gasteiger partial charge in [0.1, 0.15) is 0 Å². The maximum Gasteiger partial charge on any atom is 0.305 e. The van der Waals surface area contributed by atoms with Gasteiger partial charge in [0, 0.05) is 20.6 Å². The first-order chi connectivity index (χ1) is 14.9. The highest BCUT2D eigenvalue weighted by Gasteiger charge is 2.41. The summed E-state index contributed by atoms with van der Waals surface area (Å²) in [6, 6.07) is 2.85. The maximum atomic E-state index is 11.9. The van der Waals surface area contributed by atoms with Crippen LogP contribution in [0.1, 0.15) is 37.7 Å². The first-order valence-electron chi connectivity index (χ1n) is 10.3. The van der Waals surface area contributed by atoms with Crippen LogP contribution in [0.3, 0.4) is 0 Å². The molecular weight excluding hydrogens is 408 g/mol. The molecule has 31 heavy (non-hydrogen) atoms. The fourth-order valence-corrected chi connectivity index (χ4v) is 3.71. The van der Waals surface area contributed by atoms with Gasteiger partial charge in [-0.3, -0.25) is 19.8 Å². The number of methoxy groups -OCH3 is 4. The lowest BCUT2D eigenvalue weighted by atomic mass is 10.00. The van der Waals surface area contributed by atoms with Gasteiger partial charge in [-0.1, -0.05) is 6.42 Å². The van der Waals surface area contributed by atoms with E-state index < -0.39 is 10.7 Å². The molecule has 1 heterocycles. The third-order valence-corrected chi connectivity index (χ3v) is 5.44. The van der Waals surface area contributed by atoms with Crippen molar-refractivity contribution < 1.29 is 33.4 Å². The van der Waals surface area contributed by atoms with Gasteiger partial charge in [-0.15, -0.1) is 0 Å². The molecule has 0 spiro atoms. The Morgan fingerprint density at radius 3 is 2.32 bits per heavy atom. The minimum atomic E-state index is -1.34. The molecule has 1 saturated heterocycles. The van der Waals surface area contributed by atoms with Crippen molar-refractivity contribution in [3.63, 3.8) is 0 Å². The number of nitrogens with zero attached hydrogens (tertiary/aromatic N) is 2. The van der Waals surface area contributed by atoms with Gasteiger partial charge in [0.05, 0.1) is 43.9 Å². The van der Waals surface area contributed by atoms with Crippen molar-refractivity contribution >= 4 is 11.7 Å². The summed E-state index contributed by atoms with van der Waals surface area (Å²) in [4.78, 5) is 24.9. The smallest absolute Gasteiger partial charge is 0.305 e. The van der Waals surface area contributed by atoms with Crippen molar-refractivity contribution in [3.05, 3.63) is 27.8 Å². The van der Waals surface area contributed by atoms with Gasteiger partial charge < -0.3 is 23.7 Å². The predicted octanol–water partition coefficient (Wildman–Crippen LogP) is 2.87. The summed E-state index contributed by atoms with van der Waals surface area (Å²) in [5.74, 6) is -1.16. The molecule has 2 rings (SSSR count). The molecule has 1 fully saturated rings. The van der Waals surface area contributed by atoms with Gasteiger partial charge in [0.15, 0.2) is 11.5 Å². The van der Waals surface area contributed by atoms with Crippen LogP contribution < -0.4 is 9.47 Å². The standard InChI is InChI=1S/C21H32N2O8/c1-27-18-13-16(21(29-3,30-4)15-22-10-6-5-7-11-22)17(23(25)26)14-19(18)31-12-8-9-20(24)28-2/h13-14H,5-12,15H2,1-4H3. The second-order valence-corrected chi connectivity index (χ2v) is 7.30. The van der Waals surface area contributed by atoms with Crippen LogP contribution in [0.5, 0.6) is 11.5 Å². The highest BCUT2D eigenvalue weighted by Crippen LogP contribution is 2.42. The Morgan fingerprint density at radius 1 is 1.10 bits per heavy atom. The molecule has 0 radical (unpaired) electrons. The SMILES string of the molecule is COC(=O)CCCOc1cc([N+](=O)[O-])c(C(CN2CCCCC2)(OC)OC)cc1OC. The Balaban J connectivity index is 2.35. The normalized spacial score (nSPS) is 14.8. The fraction of sp³-hybridized carbons (Fsp3) is 0.667. The number of rotatable bonds is 12. The molecule has 0 saturated carbocycles. The molecule has 10 heteroatoms. The Kier molecular flexibility index (Phi) is 9.47. The van der Waals surface area contributed by atoms with E-state index in [0.717, 1.165) is 25.9 Å². The summed E-state index contributed by atoms with van der Waals surface area (Å²) < 4.78 is 27.2. The van der Waals surface area contributed by atoms with E-state index in [4.69, 9.17) is 18.9 Å². The number of piperidine rings is 1. The van der Waals surface area contributed by atoms with Gasteiger partial charge >= 0.3 is 5.97 Å². The van der Waals surface area contributed by atoms with Crippen LogP contribution in [0.25, 0.3) is 0 Å². The van der Waals surface area contributed by atoms with E-state index in [1.54, 1.807) is 0 Å². The number of esters is 1. The topological polar surface area (TPSA) is 110 Å². The zero-order valence-electron chi connectivity index (χ0n) is 18.7. The molecule has 0 unspecified atom stereocenters. The lowest BCUT2D eigenvalue weighted by Gasteiger charge is -2.37. The highest BCUT2D eigenvalue weighted by molar-refractivity contribution is 5.69. The van der Waals surface area contributed by atoms with Crippen LogP contribution >= 0.6 is 0 Å². The van der Waals surface area contributed by atoms with Gasteiger partial charge in [0.2, 0.25) is 5.79 Å². The molecule has 0 aliphatic carbocycles. The Hall–Kier alpha value is -2.43. The molecule has 0 atom stereocenters. The number of likely N-dealkylation sites (tertiary alicyclic amines) is 1. The van der Waals surface area contributed by atoms with E-state index in [1.807, 2.05) is 0 Å². The van der Waals surface area contributed by atoms with E-state index >= 15 is 0 Å². The van der Waals surface area contributed by atoms with Crippen LogP contribution in [0.4, 0.5) is 5.69 Å². The summed E-state index contributed by atoms with van der Waals surface area (Å²) in [7, 11) is 5.72. The summed E-state index contributed by atoms with van der Waals surface area (Å²) >= 11 is 0. The van der Waals surface area contributed by atoms with Crippen LogP contribution in [0, 0.1) is 10.1 Å². The molecule has 0 bridgehead atoms. The molecule has 0 aromatic heterocycles. The molecular formula is C21H32N2O8. The first kappa shape index (κ1) is 24.8. The van der Waals surface area contributed by atoms with Crippen LogP contribution in [-0.4, -0.2) is 70.5 Å². The minimum Gasteiger partial charge on any atom is -0.493 e. The number of hydrogen-bond acceptors (Lipinski definition) is 9. The molecule has 0 amide bonds.